The molecule has 0 spiro atoms. The minimum Gasteiger partial charge on any atom is -0.488 e. The molecule has 6 heteroatoms. The minimum atomic E-state index is -0.144. The number of carbonyl (C=O) groups is 1. The number of halogens is 1. The van der Waals surface area contributed by atoms with Crippen LogP contribution in [0.3, 0.4) is 0 Å². The Bertz CT molecular complexity index is 1160. The molecular weight excluding hydrogens is 472 g/mol. The van der Waals surface area contributed by atoms with Gasteiger partial charge in [0.1, 0.15) is 18.1 Å². The fourth-order valence-electron chi connectivity index (χ4n) is 3.29. The number of likely N-dealkylation sites (N-methyl/N-ethyl adjacent to an activating group) is 1. The van der Waals surface area contributed by atoms with E-state index in [9.17, 15) is 4.79 Å². The van der Waals surface area contributed by atoms with E-state index in [2.05, 4.69) is 47.1 Å². The van der Waals surface area contributed by atoms with Crippen LogP contribution < -0.4 is 9.64 Å². The zero-order chi connectivity index (χ0) is 22.0. The topological polar surface area (TPSA) is 32.8 Å². The first-order valence-electron chi connectivity index (χ1n) is 9.81. The van der Waals surface area contributed by atoms with Crippen LogP contribution in [0, 0.1) is 6.92 Å². The largest absolute Gasteiger partial charge is 0.488 e. The monoisotopic (exact) mass is 492 g/mol. The van der Waals surface area contributed by atoms with E-state index in [-0.39, 0.29) is 5.91 Å². The molecule has 1 amide bonds. The second-order valence-corrected chi connectivity index (χ2v) is 8.53. The molecule has 0 atom stereocenters. The second-order valence-electron chi connectivity index (χ2n) is 7.31. The van der Waals surface area contributed by atoms with Crippen molar-refractivity contribution < 1.29 is 9.53 Å². The number of ether oxygens (including phenoxy) is 1. The molecular formula is C25H21BrN2O2S. The summed E-state index contributed by atoms with van der Waals surface area (Å²) in [6, 6.07) is 23.5. The summed E-state index contributed by atoms with van der Waals surface area (Å²) in [6.45, 7) is 2.55. The van der Waals surface area contributed by atoms with Crippen LogP contribution in [0.1, 0.15) is 16.7 Å². The Morgan fingerprint density at radius 3 is 2.42 bits per heavy atom. The Morgan fingerprint density at radius 1 is 1.03 bits per heavy atom. The van der Waals surface area contributed by atoms with Crippen molar-refractivity contribution in [3.05, 3.63) is 99.7 Å². The molecule has 0 saturated carbocycles. The maximum Gasteiger partial charge on any atom is 0.281 e. The van der Waals surface area contributed by atoms with Gasteiger partial charge in [-0.15, -0.1) is 0 Å². The molecule has 1 heterocycles. The first-order valence-corrected chi connectivity index (χ1v) is 11.0. The molecule has 0 radical (unpaired) electrons. The number of hydrogen-bond acceptors (Lipinski definition) is 3. The van der Waals surface area contributed by atoms with Crippen LogP contribution in [0.25, 0.3) is 6.08 Å². The molecule has 0 aliphatic carbocycles. The summed E-state index contributed by atoms with van der Waals surface area (Å²) in [5, 5.41) is 0.458. The zero-order valence-electron chi connectivity index (χ0n) is 17.2. The Morgan fingerprint density at radius 2 is 1.74 bits per heavy atom. The summed E-state index contributed by atoms with van der Waals surface area (Å²) >= 11 is 9.10. The van der Waals surface area contributed by atoms with Crippen molar-refractivity contribution in [2.75, 3.05) is 11.9 Å². The summed E-state index contributed by atoms with van der Waals surface area (Å²) in [5.41, 5.74) is 4.49. The zero-order valence-corrected chi connectivity index (χ0v) is 19.6. The lowest BCUT2D eigenvalue weighted by atomic mass is 10.1. The lowest BCUT2D eigenvalue weighted by Crippen LogP contribution is -2.30. The SMILES string of the molecule is Cc1ccc(COc2ccc(/C=C3/C(=O)N(c4ccccc4)C(=S)N3C)cc2Br)cc1. The van der Waals surface area contributed by atoms with E-state index in [4.69, 9.17) is 17.0 Å². The Kier molecular flexibility index (Phi) is 6.20. The molecule has 1 aliphatic heterocycles. The summed E-state index contributed by atoms with van der Waals surface area (Å²) in [6.07, 6.45) is 1.84. The maximum atomic E-state index is 13.1. The minimum absolute atomic E-state index is 0.144. The van der Waals surface area contributed by atoms with E-state index in [0.717, 1.165) is 27.0 Å². The molecule has 0 N–H and O–H groups in total. The number of thiocarbonyl (C=S) groups is 1. The average Bonchev–Trinajstić information content (AvgIpc) is 2.98. The third-order valence-corrected chi connectivity index (χ3v) is 6.13. The van der Waals surface area contributed by atoms with Crippen LogP contribution in [0.2, 0.25) is 0 Å². The Balaban J connectivity index is 1.53. The van der Waals surface area contributed by atoms with Crippen LogP contribution in [0.4, 0.5) is 5.69 Å². The fourth-order valence-corrected chi connectivity index (χ4v) is 4.09. The van der Waals surface area contributed by atoms with Crippen molar-refractivity contribution >= 4 is 50.9 Å². The van der Waals surface area contributed by atoms with E-state index in [1.54, 1.807) is 9.80 Å². The lowest BCUT2D eigenvalue weighted by Gasteiger charge is -2.16. The van der Waals surface area contributed by atoms with Crippen LogP contribution >= 0.6 is 28.1 Å². The van der Waals surface area contributed by atoms with E-state index in [0.29, 0.717) is 17.4 Å². The van der Waals surface area contributed by atoms with E-state index in [1.807, 2.05) is 61.7 Å². The van der Waals surface area contributed by atoms with Gasteiger partial charge in [-0.1, -0.05) is 54.1 Å². The number of anilines is 1. The molecule has 3 aromatic rings. The van der Waals surface area contributed by atoms with Gasteiger partial charge in [-0.05, 0) is 76.5 Å². The number of rotatable bonds is 5. The number of benzene rings is 3. The first kappa shape index (κ1) is 21.3. The van der Waals surface area contributed by atoms with Crippen molar-refractivity contribution in [2.24, 2.45) is 0 Å². The van der Waals surface area contributed by atoms with Crippen molar-refractivity contribution in [1.29, 1.82) is 0 Å². The average molecular weight is 493 g/mol. The summed E-state index contributed by atoms with van der Waals surface area (Å²) < 4.78 is 6.77. The molecule has 4 nitrogen and oxygen atoms in total. The summed E-state index contributed by atoms with van der Waals surface area (Å²) in [7, 11) is 1.81. The van der Waals surface area contributed by atoms with Crippen molar-refractivity contribution in [1.82, 2.24) is 4.90 Å². The molecule has 1 fully saturated rings. The van der Waals surface area contributed by atoms with Crippen LogP contribution in [0.15, 0.2) is 83.0 Å². The number of nitrogens with zero attached hydrogens (tertiary/aromatic N) is 2. The number of amides is 1. The molecule has 31 heavy (non-hydrogen) atoms. The van der Waals surface area contributed by atoms with Gasteiger partial charge in [0.2, 0.25) is 0 Å². The summed E-state index contributed by atoms with van der Waals surface area (Å²) in [4.78, 5) is 16.3. The predicted octanol–water partition coefficient (Wildman–Crippen LogP) is 5.94. The highest BCUT2D eigenvalue weighted by Gasteiger charge is 2.36. The molecule has 0 unspecified atom stereocenters. The van der Waals surface area contributed by atoms with Crippen LogP contribution in [-0.4, -0.2) is 23.0 Å². The standard InChI is InChI=1S/C25H21BrN2O2S/c1-17-8-10-18(11-9-17)16-30-23-13-12-19(14-21(23)26)15-22-24(29)28(25(31)27(22)2)20-6-4-3-5-7-20/h3-15H,16H2,1-2H3/b22-15-. The quantitative estimate of drug-likeness (QED) is 0.325. The van der Waals surface area contributed by atoms with Gasteiger partial charge in [0.05, 0.1) is 10.2 Å². The smallest absolute Gasteiger partial charge is 0.281 e. The molecule has 3 aromatic carbocycles. The van der Waals surface area contributed by atoms with Gasteiger partial charge in [-0.25, -0.2) is 0 Å². The number of para-hydroxylation sites is 1. The molecule has 4 rings (SSSR count). The summed E-state index contributed by atoms with van der Waals surface area (Å²) in [5.74, 6) is 0.602. The van der Waals surface area contributed by atoms with Gasteiger partial charge < -0.3 is 9.64 Å². The number of hydrogen-bond donors (Lipinski definition) is 0. The van der Waals surface area contributed by atoms with Gasteiger partial charge in [0.25, 0.3) is 5.91 Å². The molecule has 156 valence electrons. The first-order chi connectivity index (χ1) is 14.9. The molecule has 1 saturated heterocycles. The maximum absolute atomic E-state index is 13.1. The fraction of sp³-hybridized carbons (Fsp3) is 0.120. The molecule has 0 bridgehead atoms. The Labute approximate surface area is 195 Å². The van der Waals surface area contributed by atoms with Crippen LogP contribution in [-0.2, 0) is 11.4 Å². The van der Waals surface area contributed by atoms with E-state index in [1.165, 1.54) is 5.56 Å². The highest BCUT2D eigenvalue weighted by atomic mass is 79.9. The lowest BCUT2D eigenvalue weighted by molar-refractivity contribution is -0.114. The van der Waals surface area contributed by atoms with Gasteiger partial charge >= 0.3 is 0 Å². The van der Waals surface area contributed by atoms with E-state index >= 15 is 0 Å². The van der Waals surface area contributed by atoms with Gasteiger partial charge in [-0.3, -0.25) is 9.69 Å². The molecule has 0 aromatic heterocycles. The third kappa shape index (κ3) is 4.55. The van der Waals surface area contributed by atoms with Crippen molar-refractivity contribution in [3.8, 4) is 5.75 Å². The highest BCUT2D eigenvalue weighted by Crippen LogP contribution is 2.31. The Hall–Kier alpha value is -2.96. The molecule has 1 aliphatic rings. The number of carbonyl (C=O) groups excluding carboxylic acids is 1. The normalized spacial score (nSPS) is 15.1. The van der Waals surface area contributed by atoms with Gasteiger partial charge in [0, 0.05) is 7.05 Å². The van der Waals surface area contributed by atoms with Crippen molar-refractivity contribution in [2.45, 2.75) is 13.5 Å². The highest BCUT2D eigenvalue weighted by molar-refractivity contribution is 9.10. The van der Waals surface area contributed by atoms with E-state index < -0.39 is 0 Å². The van der Waals surface area contributed by atoms with Crippen LogP contribution in [0.5, 0.6) is 5.75 Å². The predicted molar refractivity (Wildman–Crippen MR) is 132 cm³/mol. The van der Waals surface area contributed by atoms with Gasteiger partial charge in [0.15, 0.2) is 5.11 Å². The second kappa shape index (κ2) is 9.04. The van der Waals surface area contributed by atoms with Crippen molar-refractivity contribution in [3.63, 3.8) is 0 Å². The number of aryl methyl sites for hydroxylation is 1. The van der Waals surface area contributed by atoms with Gasteiger partial charge in [-0.2, -0.15) is 0 Å². The third-order valence-electron chi connectivity index (χ3n) is 5.05.